The quantitative estimate of drug-likeness (QED) is 0.837. The molecule has 0 atom stereocenters. The molecule has 3 nitrogen and oxygen atoms in total. The van der Waals surface area contributed by atoms with Crippen molar-refractivity contribution in [3.8, 4) is 17.1 Å². The largest absolute Gasteiger partial charge is 0.480 e. The number of halogens is 1. The molecule has 0 amide bonds. The van der Waals surface area contributed by atoms with Crippen LogP contribution in [-0.4, -0.2) is 17.1 Å². The van der Waals surface area contributed by atoms with Crippen molar-refractivity contribution in [2.45, 2.75) is 0 Å². The van der Waals surface area contributed by atoms with Crippen LogP contribution in [-0.2, 0) is 0 Å². The minimum absolute atomic E-state index is 0.545. The van der Waals surface area contributed by atoms with Crippen LogP contribution in [0.2, 0.25) is 0 Å². The molecule has 0 spiro atoms. The van der Waals surface area contributed by atoms with Gasteiger partial charge in [0.25, 0.3) is 0 Å². The van der Waals surface area contributed by atoms with Crippen LogP contribution in [0.4, 0.5) is 0 Å². The van der Waals surface area contributed by atoms with Crippen LogP contribution in [0.1, 0.15) is 0 Å². The molecule has 0 radical (unpaired) electrons. The Morgan fingerprint density at radius 3 is 2.53 bits per heavy atom. The third kappa shape index (κ3) is 1.99. The molecule has 0 saturated carbocycles. The SMILES string of the molecule is COc1ncnc(-c2ccccc2)c1Br. The predicted molar refractivity (Wildman–Crippen MR) is 61.7 cm³/mol. The summed E-state index contributed by atoms with van der Waals surface area (Å²) in [7, 11) is 1.59. The highest BCUT2D eigenvalue weighted by atomic mass is 79.9. The van der Waals surface area contributed by atoms with Gasteiger partial charge in [0, 0.05) is 5.56 Å². The topological polar surface area (TPSA) is 35.0 Å². The Hall–Kier alpha value is -1.42. The molecule has 0 saturated heterocycles. The van der Waals surface area contributed by atoms with E-state index in [0.29, 0.717) is 5.88 Å². The van der Waals surface area contributed by atoms with E-state index in [2.05, 4.69) is 25.9 Å². The Morgan fingerprint density at radius 1 is 1.13 bits per heavy atom. The summed E-state index contributed by atoms with van der Waals surface area (Å²) in [5, 5.41) is 0. The monoisotopic (exact) mass is 264 g/mol. The molecule has 0 unspecified atom stereocenters. The molecule has 0 aliphatic carbocycles. The highest BCUT2D eigenvalue weighted by Crippen LogP contribution is 2.31. The lowest BCUT2D eigenvalue weighted by Crippen LogP contribution is -1.93. The van der Waals surface area contributed by atoms with Gasteiger partial charge in [0.15, 0.2) is 0 Å². The van der Waals surface area contributed by atoms with Crippen LogP contribution in [0.3, 0.4) is 0 Å². The van der Waals surface area contributed by atoms with Gasteiger partial charge in [-0.15, -0.1) is 0 Å². The summed E-state index contributed by atoms with van der Waals surface area (Å²) in [5.74, 6) is 0.545. The van der Waals surface area contributed by atoms with Crippen LogP contribution in [0.15, 0.2) is 41.1 Å². The van der Waals surface area contributed by atoms with E-state index >= 15 is 0 Å². The maximum atomic E-state index is 5.11. The average molecular weight is 265 g/mol. The molecule has 0 aliphatic heterocycles. The summed E-state index contributed by atoms with van der Waals surface area (Å²) >= 11 is 3.43. The summed E-state index contributed by atoms with van der Waals surface area (Å²) in [6.07, 6.45) is 1.49. The van der Waals surface area contributed by atoms with Gasteiger partial charge in [-0.1, -0.05) is 30.3 Å². The normalized spacial score (nSPS) is 10.0. The number of methoxy groups -OCH3 is 1. The summed E-state index contributed by atoms with van der Waals surface area (Å²) in [5.41, 5.74) is 1.87. The summed E-state index contributed by atoms with van der Waals surface area (Å²) in [6, 6.07) is 9.89. The van der Waals surface area contributed by atoms with E-state index in [1.54, 1.807) is 7.11 Å². The third-order valence-corrected chi connectivity index (χ3v) is 2.71. The molecule has 2 rings (SSSR count). The summed E-state index contributed by atoms with van der Waals surface area (Å²) in [6.45, 7) is 0. The number of ether oxygens (including phenoxy) is 1. The van der Waals surface area contributed by atoms with E-state index in [9.17, 15) is 0 Å². The first kappa shape index (κ1) is 10.1. The fourth-order valence-electron chi connectivity index (χ4n) is 1.29. The zero-order chi connectivity index (χ0) is 10.7. The zero-order valence-corrected chi connectivity index (χ0v) is 9.73. The molecule has 0 N–H and O–H groups in total. The summed E-state index contributed by atoms with van der Waals surface area (Å²) in [4.78, 5) is 8.22. The highest BCUT2D eigenvalue weighted by Gasteiger charge is 2.09. The van der Waals surface area contributed by atoms with Crippen molar-refractivity contribution in [2.24, 2.45) is 0 Å². The van der Waals surface area contributed by atoms with E-state index < -0.39 is 0 Å². The van der Waals surface area contributed by atoms with Crippen LogP contribution < -0.4 is 4.74 Å². The van der Waals surface area contributed by atoms with Gasteiger partial charge < -0.3 is 4.74 Å². The molecule has 0 bridgehead atoms. The van der Waals surface area contributed by atoms with Gasteiger partial charge >= 0.3 is 0 Å². The molecule has 76 valence electrons. The second-order valence-corrected chi connectivity index (χ2v) is 3.70. The number of nitrogens with zero attached hydrogens (tertiary/aromatic N) is 2. The molecular weight excluding hydrogens is 256 g/mol. The van der Waals surface area contributed by atoms with Gasteiger partial charge in [-0.25, -0.2) is 9.97 Å². The molecule has 4 heteroatoms. The number of rotatable bonds is 2. The standard InChI is InChI=1S/C11H9BrN2O/c1-15-11-9(12)10(13-7-14-11)8-5-3-2-4-6-8/h2-7H,1H3. The average Bonchev–Trinajstić information content (AvgIpc) is 2.30. The van der Waals surface area contributed by atoms with Gasteiger partial charge in [-0.05, 0) is 15.9 Å². The number of hydrogen-bond acceptors (Lipinski definition) is 3. The second-order valence-electron chi connectivity index (χ2n) is 2.91. The van der Waals surface area contributed by atoms with E-state index in [-0.39, 0.29) is 0 Å². The lowest BCUT2D eigenvalue weighted by molar-refractivity contribution is 0.394. The van der Waals surface area contributed by atoms with E-state index in [0.717, 1.165) is 15.7 Å². The van der Waals surface area contributed by atoms with Crippen LogP contribution in [0, 0.1) is 0 Å². The molecule has 0 fully saturated rings. The van der Waals surface area contributed by atoms with Crippen LogP contribution in [0.5, 0.6) is 5.88 Å². The van der Waals surface area contributed by atoms with Crippen molar-refractivity contribution < 1.29 is 4.74 Å². The van der Waals surface area contributed by atoms with E-state index in [1.807, 2.05) is 30.3 Å². The first-order valence-corrected chi connectivity index (χ1v) is 5.22. The van der Waals surface area contributed by atoms with E-state index in [4.69, 9.17) is 4.74 Å². The first-order chi connectivity index (χ1) is 7.33. The first-order valence-electron chi connectivity index (χ1n) is 4.43. The molecule has 1 heterocycles. The molecule has 15 heavy (non-hydrogen) atoms. The minimum Gasteiger partial charge on any atom is -0.480 e. The zero-order valence-electron chi connectivity index (χ0n) is 8.14. The van der Waals surface area contributed by atoms with Crippen molar-refractivity contribution in [3.05, 3.63) is 41.1 Å². The number of aromatic nitrogens is 2. The Balaban J connectivity index is 2.54. The molecular formula is C11H9BrN2O. The smallest absolute Gasteiger partial charge is 0.231 e. The number of benzene rings is 1. The third-order valence-electron chi connectivity index (χ3n) is 2.00. The van der Waals surface area contributed by atoms with Crippen molar-refractivity contribution in [1.29, 1.82) is 0 Å². The fourth-order valence-corrected chi connectivity index (χ4v) is 1.89. The van der Waals surface area contributed by atoms with E-state index in [1.165, 1.54) is 6.33 Å². The van der Waals surface area contributed by atoms with Crippen molar-refractivity contribution in [3.63, 3.8) is 0 Å². The summed E-state index contributed by atoms with van der Waals surface area (Å²) < 4.78 is 5.89. The molecule has 0 aliphatic rings. The Kier molecular flexibility index (Phi) is 2.97. The van der Waals surface area contributed by atoms with Gasteiger partial charge in [0.05, 0.1) is 12.8 Å². The van der Waals surface area contributed by atoms with Crippen LogP contribution >= 0.6 is 15.9 Å². The van der Waals surface area contributed by atoms with Gasteiger partial charge in [0.2, 0.25) is 5.88 Å². The highest BCUT2D eigenvalue weighted by molar-refractivity contribution is 9.10. The Labute approximate surface area is 96.3 Å². The van der Waals surface area contributed by atoms with Crippen molar-refractivity contribution >= 4 is 15.9 Å². The number of hydrogen-bond donors (Lipinski definition) is 0. The lowest BCUT2D eigenvalue weighted by Gasteiger charge is -2.06. The fraction of sp³-hybridized carbons (Fsp3) is 0.0909. The van der Waals surface area contributed by atoms with Gasteiger partial charge in [-0.2, -0.15) is 0 Å². The van der Waals surface area contributed by atoms with Crippen molar-refractivity contribution in [2.75, 3.05) is 7.11 Å². The van der Waals surface area contributed by atoms with Crippen molar-refractivity contribution in [1.82, 2.24) is 9.97 Å². The van der Waals surface area contributed by atoms with Crippen LogP contribution in [0.25, 0.3) is 11.3 Å². The maximum Gasteiger partial charge on any atom is 0.231 e. The Morgan fingerprint density at radius 2 is 1.87 bits per heavy atom. The minimum atomic E-state index is 0.545. The Bertz CT molecular complexity index is 459. The molecule has 1 aromatic carbocycles. The molecule has 1 aromatic heterocycles. The van der Waals surface area contributed by atoms with Gasteiger partial charge in [-0.3, -0.25) is 0 Å². The molecule has 2 aromatic rings. The second kappa shape index (κ2) is 4.40. The maximum absolute atomic E-state index is 5.11. The lowest BCUT2D eigenvalue weighted by atomic mass is 10.1. The van der Waals surface area contributed by atoms with Gasteiger partial charge in [0.1, 0.15) is 10.8 Å². The predicted octanol–water partition coefficient (Wildman–Crippen LogP) is 2.91.